The monoisotopic (exact) mass is 492 g/mol. The fraction of sp³-hybridized carbons (Fsp3) is 0.632. The minimum atomic E-state index is 0. The number of nitrogens with zero attached hydrogens (tertiary/aromatic N) is 2. The third-order valence-electron chi connectivity index (χ3n) is 4.26. The average Bonchev–Trinajstić information content (AvgIpc) is 2.69. The molecule has 0 radical (unpaired) electrons. The summed E-state index contributed by atoms with van der Waals surface area (Å²) in [7, 11) is 3.44. The molecule has 1 heterocycles. The molecule has 154 valence electrons. The van der Waals surface area contributed by atoms with Gasteiger partial charge in [0.2, 0.25) is 0 Å². The van der Waals surface area contributed by atoms with E-state index in [-0.39, 0.29) is 24.0 Å². The van der Waals surface area contributed by atoms with Gasteiger partial charge >= 0.3 is 0 Å². The van der Waals surface area contributed by atoms with Crippen molar-refractivity contribution in [1.82, 2.24) is 15.5 Å². The van der Waals surface area contributed by atoms with Crippen LogP contribution in [0.3, 0.4) is 0 Å². The summed E-state index contributed by atoms with van der Waals surface area (Å²) in [6, 6.07) is 7.70. The van der Waals surface area contributed by atoms with E-state index >= 15 is 0 Å². The second-order valence-electron chi connectivity index (χ2n) is 6.40. The van der Waals surface area contributed by atoms with Gasteiger partial charge < -0.3 is 24.8 Å². The highest BCUT2D eigenvalue weighted by Crippen LogP contribution is 2.26. The van der Waals surface area contributed by atoms with Gasteiger partial charge in [-0.15, -0.1) is 24.0 Å². The zero-order chi connectivity index (χ0) is 18.6. The summed E-state index contributed by atoms with van der Waals surface area (Å²) in [6.45, 7) is 9.07. The van der Waals surface area contributed by atoms with Gasteiger partial charge in [0, 0.05) is 45.7 Å². The van der Waals surface area contributed by atoms with Gasteiger partial charge in [-0.1, -0.05) is 19.1 Å². The minimum absolute atomic E-state index is 0. The van der Waals surface area contributed by atoms with Gasteiger partial charge in [0.05, 0.1) is 26.9 Å². The summed E-state index contributed by atoms with van der Waals surface area (Å²) in [5.41, 5.74) is 0. The third-order valence-corrected chi connectivity index (χ3v) is 4.26. The summed E-state index contributed by atoms with van der Waals surface area (Å²) in [6.07, 6.45) is 0. The second kappa shape index (κ2) is 13.8. The lowest BCUT2D eigenvalue weighted by Gasteiger charge is -2.26. The van der Waals surface area contributed by atoms with Crippen molar-refractivity contribution < 1.29 is 14.2 Å². The number of morpholine rings is 1. The number of aliphatic imine (C=N–C) groups is 1. The first-order valence-corrected chi connectivity index (χ1v) is 9.23. The fourth-order valence-electron chi connectivity index (χ4n) is 2.68. The Kier molecular flexibility index (Phi) is 12.2. The van der Waals surface area contributed by atoms with E-state index in [0.717, 1.165) is 63.4 Å². The lowest BCUT2D eigenvalue weighted by Crippen LogP contribution is -2.45. The van der Waals surface area contributed by atoms with Crippen molar-refractivity contribution in [2.75, 3.05) is 66.7 Å². The van der Waals surface area contributed by atoms with Crippen molar-refractivity contribution >= 4 is 29.9 Å². The second-order valence-corrected chi connectivity index (χ2v) is 6.40. The molecule has 0 aromatic heterocycles. The number of nitrogens with one attached hydrogen (secondary N) is 2. The molecule has 1 atom stereocenters. The van der Waals surface area contributed by atoms with Crippen LogP contribution in [0.4, 0.5) is 0 Å². The average molecular weight is 492 g/mol. The van der Waals surface area contributed by atoms with E-state index < -0.39 is 0 Å². The van der Waals surface area contributed by atoms with E-state index in [4.69, 9.17) is 14.2 Å². The molecule has 0 saturated carbocycles. The van der Waals surface area contributed by atoms with Gasteiger partial charge in [0.25, 0.3) is 0 Å². The molecule has 1 aliphatic heterocycles. The van der Waals surface area contributed by atoms with Crippen LogP contribution >= 0.6 is 24.0 Å². The maximum Gasteiger partial charge on any atom is 0.191 e. The third kappa shape index (κ3) is 8.98. The number of halogens is 1. The lowest BCUT2D eigenvalue weighted by atomic mass is 10.2. The van der Waals surface area contributed by atoms with Crippen LogP contribution in [0.2, 0.25) is 0 Å². The molecule has 1 unspecified atom stereocenters. The van der Waals surface area contributed by atoms with Crippen LogP contribution < -0.4 is 20.1 Å². The van der Waals surface area contributed by atoms with Crippen molar-refractivity contribution in [3.8, 4) is 11.5 Å². The Labute approximate surface area is 179 Å². The Hall–Kier alpha value is -1.26. The van der Waals surface area contributed by atoms with E-state index in [9.17, 15) is 0 Å². The Balaban J connectivity index is 0.00000364. The summed E-state index contributed by atoms with van der Waals surface area (Å²) in [5.74, 6) is 2.68. The van der Waals surface area contributed by atoms with Crippen LogP contribution in [-0.4, -0.2) is 77.6 Å². The van der Waals surface area contributed by atoms with E-state index in [1.807, 2.05) is 24.3 Å². The van der Waals surface area contributed by atoms with Crippen LogP contribution in [0.25, 0.3) is 0 Å². The maximum absolute atomic E-state index is 5.87. The van der Waals surface area contributed by atoms with Gasteiger partial charge in [0.15, 0.2) is 17.5 Å². The summed E-state index contributed by atoms with van der Waals surface area (Å²) in [4.78, 5) is 6.68. The highest BCUT2D eigenvalue weighted by Gasteiger charge is 2.10. The molecule has 27 heavy (non-hydrogen) atoms. The summed E-state index contributed by atoms with van der Waals surface area (Å²) >= 11 is 0. The molecule has 1 fully saturated rings. The van der Waals surface area contributed by atoms with Crippen LogP contribution in [0.5, 0.6) is 11.5 Å². The van der Waals surface area contributed by atoms with Crippen LogP contribution in [0.15, 0.2) is 29.3 Å². The molecule has 0 amide bonds. The fourth-order valence-corrected chi connectivity index (χ4v) is 2.68. The molecular formula is C19H33IN4O3. The van der Waals surface area contributed by atoms with E-state index in [0.29, 0.717) is 12.5 Å². The highest BCUT2D eigenvalue weighted by molar-refractivity contribution is 14.0. The number of rotatable bonds is 9. The molecule has 1 aromatic carbocycles. The van der Waals surface area contributed by atoms with Crippen molar-refractivity contribution in [2.24, 2.45) is 10.9 Å². The number of hydrogen-bond acceptors (Lipinski definition) is 5. The quantitative estimate of drug-likeness (QED) is 0.312. The standard InChI is InChI=1S/C19H32N4O3.HI/c1-16(15-26-18-7-5-4-6-17(18)24-3)14-22-19(20-2)21-8-9-23-10-12-25-13-11-23;/h4-7,16H,8-15H2,1-3H3,(H2,20,21,22);1H. The Morgan fingerprint density at radius 1 is 1.22 bits per heavy atom. The van der Waals surface area contributed by atoms with Crippen molar-refractivity contribution in [3.05, 3.63) is 24.3 Å². The molecule has 8 heteroatoms. The van der Waals surface area contributed by atoms with Crippen molar-refractivity contribution in [1.29, 1.82) is 0 Å². The number of methoxy groups -OCH3 is 1. The number of benzene rings is 1. The van der Waals surface area contributed by atoms with E-state index in [1.54, 1.807) is 14.2 Å². The van der Waals surface area contributed by atoms with Gasteiger partial charge in [-0.05, 0) is 12.1 Å². The largest absolute Gasteiger partial charge is 0.493 e. The zero-order valence-corrected chi connectivity index (χ0v) is 18.9. The predicted molar refractivity (Wildman–Crippen MR) is 120 cm³/mol. The minimum Gasteiger partial charge on any atom is -0.493 e. The van der Waals surface area contributed by atoms with E-state index in [1.165, 1.54) is 0 Å². The molecule has 1 aliphatic rings. The summed E-state index contributed by atoms with van der Waals surface area (Å²) in [5, 5.41) is 6.72. The SMILES string of the molecule is CN=C(NCCN1CCOCC1)NCC(C)COc1ccccc1OC.I. The normalized spacial score (nSPS) is 16.2. The van der Waals surface area contributed by atoms with Gasteiger partial charge in [-0.25, -0.2) is 0 Å². The molecule has 7 nitrogen and oxygen atoms in total. The van der Waals surface area contributed by atoms with Crippen LogP contribution in [0, 0.1) is 5.92 Å². The Bertz CT molecular complexity index is 554. The molecule has 0 aliphatic carbocycles. The smallest absolute Gasteiger partial charge is 0.191 e. The topological polar surface area (TPSA) is 67.4 Å². The van der Waals surface area contributed by atoms with Gasteiger partial charge in [0.1, 0.15) is 0 Å². The summed E-state index contributed by atoms with van der Waals surface area (Å²) < 4.78 is 16.5. The Morgan fingerprint density at radius 3 is 2.59 bits per heavy atom. The molecule has 1 saturated heterocycles. The lowest BCUT2D eigenvalue weighted by molar-refractivity contribution is 0.0389. The van der Waals surface area contributed by atoms with Crippen molar-refractivity contribution in [2.45, 2.75) is 6.92 Å². The first kappa shape index (κ1) is 23.8. The first-order chi connectivity index (χ1) is 12.7. The van der Waals surface area contributed by atoms with Crippen LogP contribution in [0.1, 0.15) is 6.92 Å². The van der Waals surface area contributed by atoms with Crippen molar-refractivity contribution in [3.63, 3.8) is 0 Å². The molecule has 2 rings (SSSR count). The van der Waals surface area contributed by atoms with Gasteiger partial charge in [-0.3, -0.25) is 9.89 Å². The zero-order valence-electron chi connectivity index (χ0n) is 16.6. The van der Waals surface area contributed by atoms with Gasteiger partial charge in [-0.2, -0.15) is 0 Å². The molecule has 0 bridgehead atoms. The molecule has 0 spiro atoms. The Morgan fingerprint density at radius 2 is 1.93 bits per heavy atom. The maximum atomic E-state index is 5.87. The molecule has 2 N–H and O–H groups in total. The predicted octanol–water partition coefficient (Wildman–Crippen LogP) is 1.83. The number of para-hydroxylation sites is 2. The first-order valence-electron chi connectivity index (χ1n) is 9.23. The molecular weight excluding hydrogens is 459 g/mol. The molecule has 1 aromatic rings. The number of ether oxygens (including phenoxy) is 3. The number of hydrogen-bond donors (Lipinski definition) is 2. The number of guanidine groups is 1. The highest BCUT2D eigenvalue weighted by atomic mass is 127. The van der Waals surface area contributed by atoms with E-state index in [2.05, 4.69) is 27.4 Å². The van der Waals surface area contributed by atoms with Crippen LogP contribution in [-0.2, 0) is 4.74 Å².